The number of primary amides is 1. The maximum atomic E-state index is 12.5. The third kappa shape index (κ3) is 11.6. The van der Waals surface area contributed by atoms with Crippen LogP contribution in [0, 0.1) is 5.92 Å². The van der Waals surface area contributed by atoms with Gasteiger partial charge in [-0.25, -0.2) is 0 Å². The van der Waals surface area contributed by atoms with E-state index in [2.05, 4.69) is 16.0 Å². The lowest BCUT2D eigenvalue weighted by Crippen LogP contribution is -2.56. The number of hydrogen-bond acceptors (Lipinski definition) is 7. The van der Waals surface area contributed by atoms with Crippen molar-refractivity contribution in [2.45, 2.75) is 57.7 Å². The van der Waals surface area contributed by atoms with E-state index in [0.717, 1.165) is 0 Å². The van der Waals surface area contributed by atoms with E-state index < -0.39 is 66.7 Å². The fraction of sp³-hybridized carbons (Fsp3) is 0.647. The molecule has 0 aromatic rings. The Morgan fingerprint density at radius 3 is 1.90 bits per heavy atom. The summed E-state index contributed by atoms with van der Waals surface area (Å²) in [5, 5.41) is 24.4. The molecule has 0 spiro atoms. The van der Waals surface area contributed by atoms with Crippen molar-refractivity contribution < 1.29 is 39.0 Å². The van der Waals surface area contributed by atoms with Crippen LogP contribution in [0.1, 0.15) is 39.5 Å². The van der Waals surface area contributed by atoms with Crippen molar-refractivity contribution in [3.8, 4) is 0 Å². The first kappa shape index (κ1) is 26.8. The molecule has 0 saturated carbocycles. The second kappa shape index (κ2) is 13.1. The van der Waals surface area contributed by atoms with Crippen LogP contribution in [0.2, 0.25) is 0 Å². The summed E-state index contributed by atoms with van der Waals surface area (Å²) < 4.78 is 0. The summed E-state index contributed by atoms with van der Waals surface area (Å²) in [4.78, 5) is 69.3. The Morgan fingerprint density at radius 2 is 1.43 bits per heavy atom. The molecule has 13 nitrogen and oxygen atoms in total. The molecule has 0 saturated heterocycles. The molecule has 4 amide bonds. The highest BCUT2D eigenvalue weighted by Crippen LogP contribution is 2.06. The number of carbonyl (C=O) groups is 6. The Hall–Kier alpha value is -3.22. The fourth-order valence-electron chi connectivity index (χ4n) is 2.35. The fourth-order valence-corrected chi connectivity index (χ4v) is 2.35. The Labute approximate surface area is 172 Å². The van der Waals surface area contributed by atoms with E-state index in [4.69, 9.17) is 21.7 Å². The first-order valence-electron chi connectivity index (χ1n) is 9.19. The van der Waals surface area contributed by atoms with Gasteiger partial charge in [-0.05, 0) is 18.8 Å². The molecule has 0 heterocycles. The largest absolute Gasteiger partial charge is 0.481 e. The van der Waals surface area contributed by atoms with E-state index in [1.807, 2.05) is 0 Å². The summed E-state index contributed by atoms with van der Waals surface area (Å²) in [5.74, 6) is -6.01. The molecule has 0 aromatic carbocycles. The van der Waals surface area contributed by atoms with Gasteiger partial charge in [-0.2, -0.15) is 0 Å². The number of nitrogens with one attached hydrogen (secondary N) is 3. The van der Waals surface area contributed by atoms with Crippen molar-refractivity contribution in [3.63, 3.8) is 0 Å². The zero-order chi connectivity index (χ0) is 23.4. The number of nitrogens with two attached hydrogens (primary N) is 2. The average molecular weight is 431 g/mol. The normalized spacial score (nSPS) is 13.6. The zero-order valence-corrected chi connectivity index (χ0v) is 16.8. The second-order valence-corrected chi connectivity index (χ2v) is 7.07. The number of carbonyl (C=O) groups excluding carboxylic acids is 4. The maximum Gasteiger partial charge on any atom is 0.322 e. The van der Waals surface area contributed by atoms with E-state index in [9.17, 15) is 28.8 Å². The average Bonchev–Trinajstić information content (AvgIpc) is 2.61. The molecule has 0 fully saturated rings. The number of carboxylic acids is 2. The number of rotatable bonds is 14. The molecule has 3 atom stereocenters. The Balaban J connectivity index is 5.24. The molecule has 30 heavy (non-hydrogen) atoms. The van der Waals surface area contributed by atoms with Crippen LogP contribution in [0.25, 0.3) is 0 Å². The highest BCUT2D eigenvalue weighted by molar-refractivity contribution is 5.95. The van der Waals surface area contributed by atoms with Gasteiger partial charge in [-0.3, -0.25) is 28.8 Å². The van der Waals surface area contributed by atoms with Crippen molar-refractivity contribution in [1.29, 1.82) is 0 Å². The predicted molar refractivity (Wildman–Crippen MR) is 103 cm³/mol. The van der Waals surface area contributed by atoms with E-state index in [1.165, 1.54) is 0 Å². The van der Waals surface area contributed by atoms with Crippen LogP contribution in [0.5, 0.6) is 0 Å². The molecule has 0 radical (unpaired) electrons. The SMILES string of the molecule is CC(C)CC(NC(=O)C(CC(=O)O)NC(=O)C(N)CCC(N)=O)C(=O)NCC(=O)O. The lowest BCUT2D eigenvalue weighted by molar-refractivity contribution is -0.141. The van der Waals surface area contributed by atoms with Crippen molar-refractivity contribution in [2.24, 2.45) is 17.4 Å². The topological polar surface area (TPSA) is 231 Å². The molecule has 170 valence electrons. The zero-order valence-electron chi connectivity index (χ0n) is 16.8. The number of aliphatic carboxylic acids is 2. The number of carboxylic acid groups (broad SMARTS) is 2. The maximum absolute atomic E-state index is 12.5. The molecule has 0 aliphatic carbocycles. The van der Waals surface area contributed by atoms with Gasteiger partial charge in [0.15, 0.2) is 0 Å². The Kier molecular flexibility index (Phi) is 11.7. The molecule has 9 N–H and O–H groups in total. The molecule has 13 heteroatoms. The van der Waals surface area contributed by atoms with Crippen LogP contribution < -0.4 is 27.4 Å². The summed E-state index contributed by atoms with van der Waals surface area (Å²) in [6, 6.07) is -3.89. The third-order valence-corrected chi connectivity index (χ3v) is 3.80. The first-order chi connectivity index (χ1) is 13.8. The van der Waals surface area contributed by atoms with Crippen LogP contribution >= 0.6 is 0 Å². The van der Waals surface area contributed by atoms with Crippen LogP contribution in [0.3, 0.4) is 0 Å². The van der Waals surface area contributed by atoms with Crippen LogP contribution in [0.15, 0.2) is 0 Å². The van der Waals surface area contributed by atoms with Crippen molar-refractivity contribution in [2.75, 3.05) is 6.54 Å². The highest BCUT2D eigenvalue weighted by Gasteiger charge is 2.30. The standard InChI is InChI=1S/C17H29N5O8/c1-8(2)5-10(16(29)20-7-14(26)27)22-17(30)11(6-13(24)25)21-15(28)9(18)3-4-12(19)23/h8-11H,3-7,18H2,1-2H3,(H2,19,23)(H,20,29)(H,21,28)(H,22,30)(H,24,25)(H,26,27). The molecule has 0 bridgehead atoms. The van der Waals surface area contributed by atoms with Gasteiger partial charge in [-0.1, -0.05) is 13.8 Å². The second-order valence-electron chi connectivity index (χ2n) is 7.07. The molecule has 0 rings (SSSR count). The van der Waals surface area contributed by atoms with Gasteiger partial charge >= 0.3 is 11.9 Å². The number of amides is 4. The van der Waals surface area contributed by atoms with Gasteiger partial charge in [0.05, 0.1) is 12.5 Å². The monoisotopic (exact) mass is 431 g/mol. The lowest BCUT2D eigenvalue weighted by atomic mass is 10.0. The van der Waals surface area contributed by atoms with Gasteiger partial charge < -0.3 is 37.6 Å². The van der Waals surface area contributed by atoms with E-state index in [1.54, 1.807) is 13.8 Å². The van der Waals surface area contributed by atoms with Crippen molar-refractivity contribution >= 4 is 35.6 Å². The van der Waals surface area contributed by atoms with Gasteiger partial charge in [0, 0.05) is 6.42 Å². The minimum atomic E-state index is -1.54. The van der Waals surface area contributed by atoms with Crippen molar-refractivity contribution in [1.82, 2.24) is 16.0 Å². The minimum Gasteiger partial charge on any atom is -0.481 e. The summed E-state index contributed by atoms with van der Waals surface area (Å²) in [6.07, 6.45) is -0.922. The minimum absolute atomic E-state index is 0.0689. The first-order valence-corrected chi connectivity index (χ1v) is 9.19. The smallest absolute Gasteiger partial charge is 0.322 e. The Morgan fingerprint density at radius 1 is 0.867 bits per heavy atom. The predicted octanol–water partition coefficient (Wildman–Crippen LogP) is -2.73. The van der Waals surface area contributed by atoms with Gasteiger partial charge in [0.25, 0.3) is 0 Å². The van der Waals surface area contributed by atoms with E-state index >= 15 is 0 Å². The molecular weight excluding hydrogens is 402 g/mol. The summed E-state index contributed by atoms with van der Waals surface area (Å²) >= 11 is 0. The van der Waals surface area contributed by atoms with E-state index in [0.29, 0.717) is 0 Å². The molecule has 0 aliphatic heterocycles. The molecule has 0 aromatic heterocycles. The highest BCUT2D eigenvalue weighted by atomic mass is 16.4. The van der Waals surface area contributed by atoms with Crippen molar-refractivity contribution in [3.05, 3.63) is 0 Å². The van der Waals surface area contributed by atoms with Crippen LogP contribution in [0.4, 0.5) is 0 Å². The van der Waals surface area contributed by atoms with E-state index in [-0.39, 0.29) is 25.2 Å². The summed E-state index contributed by atoms with van der Waals surface area (Å²) in [7, 11) is 0. The molecule has 0 aliphatic rings. The lowest BCUT2D eigenvalue weighted by Gasteiger charge is -2.24. The van der Waals surface area contributed by atoms with Gasteiger partial charge in [0.2, 0.25) is 23.6 Å². The Bertz CT molecular complexity index is 667. The summed E-state index contributed by atoms with van der Waals surface area (Å²) in [5.41, 5.74) is 10.6. The van der Waals surface area contributed by atoms with Crippen LogP contribution in [-0.2, 0) is 28.8 Å². The number of hydrogen-bond donors (Lipinski definition) is 7. The molecule has 3 unspecified atom stereocenters. The molecular formula is C17H29N5O8. The van der Waals surface area contributed by atoms with Gasteiger partial charge in [0.1, 0.15) is 18.6 Å². The van der Waals surface area contributed by atoms with Gasteiger partial charge in [-0.15, -0.1) is 0 Å². The van der Waals surface area contributed by atoms with Crippen LogP contribution in [-0.4, -0.2) is 70.5 Å². The summed E-state index contributed by atoms with van der Waals surface area (Å²) in [6.45, 7) is 2.86. The third-order valence-electron chi connectivity index (χ3n) is 3.80. The quantitative estimate of drug-likeness (QED) is 0.151.